The van der Waals surface area contributed by atoms with E-state index in [1.165, 1.54) is 0 Å². The average Bonchev–Trinajstić information content (AvgIpc) is 3.20. The van der Waals surface area contributed by atoms with Crippen molar-refractivity contribution >= 4 is 17.6 Å². The molecule has 0 radical (unpaired) electrons. The van der Waals surface area contributed by atoms with Crippen LogP contribution in [-0.2, 0) is 4.79 Å². The molecule has 1 aromatic heterocycles. The van der Waals surface area contributed by atoms with Gasteiger partial charge in [0.25, 0.3) is 5.91 Å². The fourth-order valence-corrected chi connectivity index (χ4v) is 2.94. The third-order valence-electron chi connectivity index (χ3n) is 4.07. The second-order valence-electron chi connectivity index (χ2n) is 5.72. The minimum atomic E-state index is -0.958. The number of hydrogen-bond acceptors (Lipinski definition) is 6. The Morgan fingerprint density at radius 2 is 2.25 bits per heavy atom. The van der Waals surface area contributed by atoms with E-state index in [9.17, 15) is 9.59 Å². The van der Waals surface area contributed by atoms with Crippen LogP contribution in [0.3, 0.4) is 0 Å². The standard InChI is InChI=1S/C16H18N4O4/c1-10-15(19-24-18-10)13-6-3-7-20(13)16(23)11-4-2-5-12(8-11)17-9-14(21)22/h2,4-5,8,13,17H,3,6-7,9H2,1H3,(H,21,22). The summed E-state index contributed by atoms with van der Waals surface area (Å²) in [5, 5.41) is 19.2. The molecule has 1 fully saturated rings. The predicted molar refractivity (Wildman–Crippen MR) is 84.6 cm³/mol. The number of aromatic nitrogens is 2. The molecule has 0 bridgehead atoms. The number of carbonyl (C=O) groups excluding carboxylic acids is 1. The lowest BCUT2D eigenvalue weighted by Gasteiger charge is -2.23. The minimum Gasteiger partial charge on any atom is -0.480 e. The van der Waals surface area contributed by atoms with Crippen molar-refractivity contribution in [3.05, 3.63) is 41.2 Å². The third-order valence-corrected chi connectivity index (χ3v) is 4.07. The Morgan fingerprint density at radius 1 is 1.42 bits per heavy atom. The van der Waals surface area contributed by atoms with E-state index in [-0.39, 0.29) is 18.5 Å². The van der Waals surface area contributed by atoms with Crippen LogP contribution in [0.1, 0.15) is 40.6 Å². The largest absolute Gasteiger partial charge is 0.480 e. The number of anilines is 1. The molecule has 0 aliphatic carbocycles. The normalized spacial score (nSPS) is 17.0. The third kappa shape index (κ3) is 3.22. The molecule has 24 heavy (non-hydrogen) atoms. The number of likely N-dealkylation sites (tertiary alicyclic amines) is 1. The van der Waals surface area contributed by atoms with E-state index >= 15 is 0 Å². The van der Waals surface area contributed by atoms with Crippen LogP contribution in [0.15, 0.2) is 28.9 Å². The molecule has 2 heterocycles. The molecule has 0 spiro atoms. The average molecular weight is 330 g/mol. The highest BCUT2D eigenvalue weighted by Crippen LogP contribution is 2.33. The summed E-state index contributed by atoms with van der Waals surface area (Å²) in [6, 6.07) is 6.70. The Kier molecular flexibility index (Phi) is 4.45. The summed E-state index contributed by atoms with van der Waals surface area (Å²) in [4.78, 5) is 25.3. The van der Waals surface area contributed by atoms with E-state index in [1.807, 2.05) is 6.92 Å². The monoisotopic (exact) mass is 330 g/mol. The molecule has 8 nitrogen and oxygen atoms in total. The summed E-state index contributed by atoms with van der Waals surface area (Å²) in [6.45, 7) is 2.25. The van der Waals surface area contributed by atoms with E-state index in [1.54, 1.807) is 29.2 Å². The Morgan fingerprint density at radius 3 is 2.96 bits per heavy atom. The SMILES string of the molecule is Cc1nonc1C1CCCN1C(=O)c1cccc(NCC(=O)O)c1. The predicted octanol–water partition coefficient (Wildman–Crippen LogP) is 1.85. The Bertz CT molecular complexity index is 758. The van der Waals surface area contributed by atoms with Crippen LogP contribution >= 0.6 is 0 Å². The highest BCUT2D eigenvalue weighted by atomic mass is 16.6. The number of benzene rings is 1. The molecular weight excluding hydrogens is 312 g/mol. The molecule has 8 heteroatoms. The van der Waals surface area contributed by atoms with Gasteiger partial charge in [0, 0.05) is 17.8 Å². The molecule has 1 atom stereocenters. The van der Waals surface area contributed by atoms with Crippen LogP contribution in [0.2, 0.25) is 0 Å². The van der Waals surface area contributed by atoms with Crippen LogP contribution < -0.4 is 5.32 Å². The van der Waals surface area contributed by atoms with Crippen molar-refractivity contribution in [1.29, 1.82) is 0 Å². The van der Waals surface area contributed by atoms with Crippen molar-refractivity contribution in [2.75, 3.05) is 18.4 Å². The van der Waals surface area contributed by atoms with Gasteiger partial charge >= 0.3 is 5.97 Å². The van der Waals surface area contributed by atoms with Gasteiger partial charge in [-0.2, -0.15) is 0 Å². The smallest absolute Gasteiger partial charge is 0.322 e. The fraction of sp³-hybridized carbons (Fsp3) is 0.375. The summed E-state index contributed by atoms with van der Waals surface area (Å²) >= 11 is 0. The van der Waals surface area contributed by atoms with Crippen LogP contribution in [0.5, 0.6) is 0 Å². The molecule has 2 aromatic rings. The van der Waals surface area contributed by atoms with Crippen molar-refractivity contribution in [3.63, 3.8) is 0 Å². The zero-order chi connectivity index (χ0) is 17.1. The quantitative estimate of drug-likeness (QED) is 0.861. The maximum absolute atomic E-state index is 12.9. The van der Waals surface area contributed by atoms with Crippen molar-refractivity contribution in [2.24, 2.45) is 0 Å². The first-order chi connectivity index (χ1) is 11.6. The molecule has 3 rings (SSSR count). The molecule has 1 unspecified atom stereocenters. The van der Waals surface area contributed by atoms with Gasteiger partial charge in [-0.1, -0.05) is 16.4 Å². The molecule has 1 amide bonds. The molecule has 1 aliphatic rings. The van der Waals surface area contributed by atoms with Crippen LogP contribution in [0.4, 0.5) is 5.69 Å². The number of rotatable bonds is 5. The lowest BCUT2D eigenvalue weighted by Crippen LogP contribution is -2.31. The van der Waals surface area contributed by atoms with Gasteiger partial charge in [-0.25, -0.2) is 4.63 Å². The van der Waals surface area contributed by atoms with Crippen molar-refractivity contribution in [1.82, 2.24) is 15.2 Å². The number of carboxylic acid groups (broad SMARTS) is 1. The molecule has 126 valence electrons. The van der Waals surface area contributed by atoms with E-state index in [0.717, 1.165) is 12.8 Å². The summed E-state index contributed by atoms with van der Waals surface area (Å²) < 4.78 is 4.76. The Hall–Kier alpha value is -2.90. The zero-order valence-electron chi connectivity index (χ0n) is 13.2. The number of aryl methyl sites for hydroxylation is 1. The van der Waals surface area contributed by atoms with Crippen molar-refractivity contribution in [3.8, 4) is 0 Å². The van der Waals surface area contributed by atoms with Gasteiger partial charge in [-0.15, -0.1) is 0 Å². The zero-order valence-corrected chi connectivity index (χ0v) is 13.2. The van der Waals surface area contributed by atoms with Gasteiger partial charge < -0.3 is 15.3 Å². The first-order valence-electron chi connectivity index (χ1n) is 7.72. The number of amides is 1. The summed E-state index contributed by atoms with van der Waals surface area (Å²) in [7, 11) is 0. The minimum absolute atomic E-state index is 0.112. The van der Waals surface area contributed by atoms with Crippen LogP contribution in [0, 0.1) is 6.92 Å². The lowest BCUT2D eigenvalue weighted by atomic mass is 10.1. The number of hydrogen-bond donors (Lipinski definition) is 2. The lowest BCUT2D eigenvalue weighted by molar-refractivity contribution is -0.134. The molecule has 0 saturated carbocycles. The second-order valence-corrected chi connectivity index (χ2v) is 5.72. The topological polar surface area (TPSA) is 109 Å². The van der Waals surface area contributed by atoms with E-state index in [2.05, 4.69) is 15.6 Å². The maximum atomic E-state index is 12.9. The van der Waals surface area contributed by atoms with Gasteiger partial charge in [0.2, 0.25) is 0 Å². The number of carboxylic acids is 1. The van der Waals surface area contributed by atoms with Gasteiger partial charge in [0.15, 0.2) is 0 Å². The van der Waals surface area contributed by atoms with E-state index in [0.29, 0.717) is 29.2 Å². The summed E-state index contributed by atoms with van der Waals surface area (Å²) in [6.07, 6.45) is 1.71. The molecule has 1 saturated heterocycles. The van der Waals surface area contributed by atoms with E-state index < -0.39 is 5.97 Å². The summed E-state index contributed by atoms with van der Waals surface area (Å²) in [5.41, 5.74) is 2.49. The molecule has 1 aromatic carbocycles. The highest BCUT2D eigenvalue weighted by Gasteiger charge is 2.34. The second kappa shape index (κ2) is 6.69. The van der Waals surface area contributed by atoms with Crippen LogP contribution in [-0.4, -0.2) is 45.3 Å². The van der Waals surface area contributed by atoms with Gasteiger partial charge in [-0.3, -0.25) is 9.59 Å². The van der Waals surface area contributed by atoms with Crippen molar-refractivity contribution in [2.45, 2.75) is 25.8 Å². The number of nitrogens with one attached hydrogen (secondary N) is 1. The first kappa shape index (κ1) is 16.0. The van der Waals surface area contributed by atoms with Crippen LogP contribution in [0.25, 0.3) is 0 Å². The highest BCUT2D eigenvalue weighted by molar-refractivity contribution is 5.95. The van der Waals surface area contributed by atoms with Crippen molar-refractivity contribution < 1.29 is 19.3 Å². The number of aliphatic carboxylic acids is 1. The molecular formula is C16H18N4O4. The molecule has 1 aliphatic heterocycles. The van der Waals surface area contributed by atoms with E-state index in [4.69, 9.17) is 9.74 Å². The Labute approximate surface area is 138 Å². The number of nitrogens with zero attached hydrogens (tertiary/aromatic N) is 3. The molecule has 2 N–H and O–H groups in total. The Balaban J connectivity index is 1.79. The number of carbonyl (C=O) groups is 2. The van der Waals surface area contributed by atoms with Gasteiger partial charge in [0.1, 0.15) is 17.9 Å². The summed E-state index contributed by atoms with van der Waals surface area (Å²) in [5.74, 6) is -1.07. The van der Waals surface area contributed by atoms with Gasteiger partial charge in [-0.05, 0) is 38.0 Å². The van der Waals surface area contributed by atoms with Gasteiger partial charge in [0.05, 0.1) is 6.04 Å². The maximum Gasteiger partial charge on any atom is 0.322 e. The fourth-order valence-electron chi connectivity index (χ4n) is 2.94. The first-order valence-corrected chi connectivity index (χ1v) is 7.72.